The molecule has 0 bridgehead atoms. The van der Waals surface area contributed by atoms with Gasteiger partial charge in [-0.15, -0.1) is 0 Å². The highest BCUT2D eigenvalue weighted by Gasteiger charge is 2.56. The lowest BCUT2D eigenvalue weighted by Crippen LogP contribution is -2.62. The van der Waals surface area contributed by atoms with Gasteiger partial charge in [0.1, 0.15) is 43.0 Å². The molecule has 3 N–H and O–H groups in total. The van der Waals surface area contributed by atoms with Gasteiger partial charge in [0.15, 0.2) is 63.8 Å². The first-order valence-electron chi connectivity index (χ1n) is 25.9. The molecule has 4 rings (SSSR count). The summed E-state index contributed by atoms with van der Waals surface area (Å²) < 4.78 is 117. The van der Waals surface area contributed by atoms with E-state index in [-0.39, 0.29) is 13.2 Å². The summed E-state index contributed by atoms with van der Waals surface area (Å²) in [4.78, 5) is 118. The molecule has 1 amide bonds. The Morgan fingerprint density at radius 2 is 0.930 bits per heavy atom. The summed E-state index contributed by atoms with van der Waals surface area (Å²) in [7, 11) is -14.1. The number of carbonyl (C=O) groups is 7. The van der Waals surface area contributed by atoms with Gasteiger partial charge in [-0.2, -0.15) is 0 Å². The minimum atomic E-state index is -5.77. The van der Waals surface area contributed by atoms with Gasteiger partial charge in [-0.1, -0.05) is 66.4 Å². The summed E-state index contributed by atoms with van der Waals surface area (Å²) in [6.07, 6.45) is -23.6. The number of hydrogen-bond donors (Lipinski definition) is 3. The van der Waals surface area contributed by atoms with E-state index >= 15 is 0 Å². The number of benzene rings is 1. The molecule has 1 aromatic carbocycles. The van der Waals surface area contributed by atoms with E-state index in [0.29, 0.717) is 5.56 Å². The maximum Gasteiger partial charge on any atom is 0.474 e. The van der Waals surface area contributed by atoms with E-state index in [4.69, 9.17) is 74.6 Å². The van der Waals surface area contributed by atoms with Gasteiger partial charge in [-0.25, -0.2) is 13.9 Å². The fraction of sp³-hybridized carbons (Fsp3) is 0.717. The second-order valence-corrected chi connectivity index (χ2v) is 28.0. The van der Waals surface area contributed by atoms with Crippen molar-refractivity contribution < 1.29 is 127 Å². The Kier molecular flexibility index (Phi) is 27.2. The summed E-state index contributed by atoms with van der Waals surface area (Å²) in [5, 5.41) is 12.7. The van der Waals surface area contributed by atoms with E-state index in [1.165, 1.54) is 0 Å². The van der Waals surface area contributed by atoms with Gasteiger partial charge < -0.3 is 71.6 Å². The van der Waals surface area contributed by atoms with Gasteiger partial charge in [-0.3, -0.25) is 46.9 Å². The highest BCUT2D eigenvalue weighted by atomic mass is 31.2. The summed E-state index contributed by atoms with van der Waals surface area (Å²) in [5.74, 6) is -6.27. The number of rotatable bonds is 28. The second kappa shape index (κ2) is 32.5. The maximum atomic E-state index is 14.1. The van der Waals surface area contributed by atoms with Gasteiger partial charge in [-0.05, 0) is 40.3 Å². The Morgan fingerprint density at radius 3 is 1.29 bits per heavy atom. The molecular formula is C46H68N10O27P2Si. The van der Waals surface area contributed by atoms with Crippen molar-refractivity contribution in [3.63, 3.8) is 0 Å². The van der Waals surface area contributed by atoms with Crippen molar-refractivity contribution in [2.24, 2.45) is 15.3 Å². The monoisotopic (exact) mass is 1280 g/mol. The standard InChI is InChI=1S/C46H68N10O27P2Si/c1-23(57)73-36-30(79-42(33(51-54-47)39(36)76-26(4)60)68-18-17-50-45(63)69-19-29-15-13-12-14-16-29)20-70-84(64,65)82-43-34(52-55-48)40(77-27(5)61)37(74-24(2)58)31(80-43)21-71-85(66,67)83-44-35(53-56-49)41(78-28(6)62)38(75-25(3)59)32(81-44)22-72-86(10,11)46(7,8)9/h12-16,30-44H,17-22H2,1-11H3,(H,50,63)(H,64,65)(H,66,67)/t30-,31-,32-,33+,34+,35+,36-,37-,38-,39-,40-,41-,42+,43-,44-/m1/s1. The number of nitrogens with zero attached hydrogens (tertiary/aromatic N) is 9. The molecule has 3 aliphatic rings. The molecule has 0 radical (unpaired) electrons. The molecule has 3 fully saturated rings. The average Bonchev–Trinajstić information content (AvgIpc) is 1.28. The highest BCUT2D eigenvalue weighted by Crippen LogP contribution is 2.51. The van der Waals surface area contributed by atoms with Crippen molar-refractivity contribution in [3.05, 3.63) is 67.2 Å². The molecule has 3 heterocycles. The average molecular weight is 1280 g/mol. The third kappa shape index (κ3) is 22.0. The van der Waals surface area contributed by atoms with Gasteiger partial charge in [0.25, 0.3) is 0 Å². The van der Waals surface area contributed by atoms with Crippen LogP contribution in [0.3, 0.4) is 0 Å². The first-order chi connectivity index (χ1) is 40.2. The number of carbonyl (C=O) groups excluding carboxylic acids is 7. The van der Waals surface area contributed by atoms with E-state index in [2.05, 4.69) is 35.4 Å². The molecule has 478 valence electrons. The predicted octanol–water partition coefficient (Wildman–Crippen LogP) is 5.02. The first-order valence-corrected chi connectivity index (χ1v) is 31.8. The van der Waals surface area contributed by atoms with Crippen LogP contribution < -0.4 is 5.32 Å². The molecule has 2 unspecified atom stereocenters. The molecule has 37 nitrogen and oxygen atoms in total. The Labute approximate surface area is 491 Å². The molecule has 17 atom stereocenters. The van der Waals surface area contributed by atoms with Crippen LogP contribution in [0.2, 0.25) is 18.1 Å². The lowest BCUT2D eigenvalue weighted by molar-refractivity contribution is -0.273. The molecule has 0 aliphatic carbocycles. The van der Waals surface area contributed by atoms with E-state index in [1.54, 1.807) is 30.3 Å². The first kappa shape index (κ1) is 72.0. The smallest absolute Gasteiger partial charge is 0.458 e. The highest BCUT2D eigenvalue weighted by molar-refractivity contribution is 7.47. The quantitative estimate of drug-likeness (QED) is 0.0145. The Bertz CT molecular complexity index is 2800. The van der Waals surface area contributed by atoms with Crippen LogP contribution in [-0.2, 0) is 119 Å². The van der Waals surface area contributed by atoms with Crippen molar-refractivity contribution in [1.82, 2.24) is 5.32 Å². The zero-order chi connectivity index (χ0) is 64.3. The van der Waals surface area contributed by atoms with Crippen molar-refractivity contribution in [2.45, 2.75) is 179 Å². The van der Waals surface area contributed by atoms with Crippen LogP contribution in [0.25, 0.3) is 31.3 Å². The molecule has 0 saturated carbocycles. The molecule has 1 aromatic rings. The number of phosphoric ester groups is 2. The number of azide groups is 3. The Hall–Kier alpha value is -6.52. The number of amides is 1. The van der Waals surface area contributed by atoms with Gasteiger partial charge in [0.2, 0.25) is 0 Å². The summed E-state index contributed by atoms with van der Waals surface area (Å²) in [5.41, 5.74) is 29.5. The fourth-order valence-electron chi connectivity index (χ4n) is 8.18. The van der Waals surface area contributed by atoms with E-state index < -0.39 is 189 Å². The van der Waals surface area contributed by atoms with Gasteiger partial charge in [0.05, 0.1) is 26.4 Å². The largest absolute Gasteiger partial charge is 0.474 e. The number of phosphoric acid groups is 2. The molecule has 40 heteroatoms. The normalized spacial score (nSPS) is 28.7. The van der Waals surface area contributed by atoms with Crippen LogP contribution in [0.4, 0.5) is 4.79 Å². The number of nitrogens with one attached hydrogen (secondary N) is 1. The van der Waals surface area contributed by atoms with Gasteiger partial charge >= 0.3 is 57.6 Å². The number of alkyl carbamates (subject to hydrolysis) is 1. The molecule has 86 heavy (non-hydrogen) atoms. The maximum absolute atomic E-state index is 14.1. The van der Waals surface area contributed by atoms with E-state index in [0.717, 1.165) is 41.5 Å². The Balaban J connectivity index is 1.65. The van der Waals surface area contributed by atoms with E-state index in [9.17, 15) is 69.1 Å². The third-order valence-electron chi connectivity index (χ3n) is 12.8. The van der Waals surface area contributed by atoms with Crippen molar-refractivity contribution in [2.75, 3.05) is 33.0 Å². The molecule has 3 saturated heterocycles. The van der Waals surface area contributed by atoms with Gasteiger partial charge in [0, 0.05) is 62.8 Å². The number of hydrogen-bond acceptors (Lipinski definition) is 28. The molecular weight excluding hydrogens is 1210 g/mol. The molecule has 0 aromatic heterocycles. The molecule has 0 spiro atoms. The van der Waals surface area contributed by atoms with Crippen LogP contribution in [0.5, 0.6) is 0 Å². The minimum absolute atomic E-state index is 0.0848. The zero-order valence-corrected chi connectivity index (χ0v) is 51.1. The van der Waals surface area contributed by atoms with Crippen molar-refractivity contribution in [3.8, 4) is 0 Å². The summed E-state index contributed by atoms with van der Waals surface area (Å²) in [6.45, 7) is 11.3. The van der Waals surface area contributed by atoms with Crippen LogP contribution in [0.15, 0.2) is 45.7 Å². The van der Waals surface area contributed by atoms with Crippen molar-refractivity contribution in [1.29, 1.82) is 0 Å². The topological polar surface area (TPSA) is 500 Å². The summed E-state index contributed by atoms with van der Waals surface area (Å²) >= 11 is 0. The lowest BCUT2D eigenvalue weighted by Gasteiger charge is -2.45. The number of esters is 6. The SMILES string of the molecule is CC(=O)O[C@@H]1[C@H](N=[N+]=[N-])[C@@H](OP(=O)(O)OC[C@H]2O[C@H](OP(=O)(O)OC[C@H]3O[C@H](OCCNC(=O)OCc4ccccc4)[C@@H](N=[N+]=[N-])[C@@H](OC(C)=O)[C@@H]3OC(C)=O)[C@@H](N=[N+]=[N-])[C@@H](OC(C)=O)[C@@H]2OC(C)=O)O[C@H](CO[Si](C)(C)C(C)(C)C)[C@H]1OC(C)=O. The van der Waals surface area contributed by atoms with Crippen LogP contribution in [0, 0.1) is 0 Å². The van der Waals surface area contributed by atoms with E-state index in [1.807, 2.05) is 33.9 Å². The predicted molar refractivity (Wildman–Crippen MR) is 286 cm³/mol. The fourth-order valence-corrected chi connectivity index (χ4v) is 10.9. The summed E-state index contributed by atoms with van der Waals surface area (Å²) in [6, 6.07) is 2.99. The van der Waals surface area contributed by atoms with Crippen LogP contribution in [-0.4, -0.2) is 185 Å². The lowest BCUT2D eigenvalue weighted by atomic mass is 9.97. The molecule has 3 aliphatic heterocycles. The Morgan fingerprint density at radius 1 is 0.581 bits per heavy atom. The second-order valence-electron chi connectivity index (χ2n) is 20.3. The van der Waals surface area contributed by atoms with Crippen LogP contribution >= 0.6 is 15.6 Å². The van der Waals surface area contributed by atoms with Crippen molar-refractivity contribution >= 4 is 65.9 Å². The van der Waals surface area contributed by atoms with Crippen LogP contribution in [0.1, 0.15) is 67.9 Å². The third-order valence-corrected chi connectivity index (χ3v) is 19.2. The number of ether oxygens (including phenoxy) is 11. The zero-order valence-electron chi connectivity index (χ0n) is 48.3. The minimum Gasteiger partial charge on any atom is -0.458 e.